The van der Waals surface area contributed by atoms with Gasteiger partial charge in [0.2, 0.25) is 10.0 Å². The van der Waals surface area contributed by atoms with Crippen molar-refractivity contribution in [2.75, 3.05) is 0 Å². The van der Waals surface area contributed by atoms with Gasteiger partial charge in [0.05, 0.1) is 11.4 Å². The molecule has 4 rings (SSSR count). The third kappa shape index (κ3) is 5.50. The molecule has 0 atom stereocenters. The maximum absolute atomic E-state index is 14.4. The molecule has 1 N–H and O–H groups in total. The predicted molar refractivity (Wildman–Crippen MR) is 119 cm³/mol. The van der Waals surface area contributed by atoms with Gasteiger partial charge in [-0.15, -0.1) is 0 Å². The van der Waals surface area contributed by atoms with E-state index in [0.29, 0.717) is 17.5 Å². The van der Waals surface area contributed by atoms with Crippen molar-refractivity contribution in [1.82, 2.24) is 24.3 Å². The number of hydrogen-bond acceptors (Lipinski definition) is 4. The summed E-state index contributed by atoms with van der Waals surface area (Å²) in [5, 5.41) is 5.90. The minimum Gasteiger partial charge on any atom is -0.250 e. The zero-order chi connectivity index (χ0) is 29.0. The molecule has 2 aromatic heterocycles. The highest BCUT2D eigenvalue weighted by Gasteiger charge is 2.64. The molecule has 1 aliphatic carbocycles. The first kappa shape index (κ1) is 28.9. The van der Waals surface area contributed by atoms with E-state index in [-0.39, 0.29) is 21.4 Å². The molecule has 0 spiro atoms. The van der Waals surface area contributed by atoms with Gasteiger partial charge in [0, 0.05) is 30.9 Å². The van der Waals surface area contributed by atoms with Crippen molar-refractivity contribution >= 4 is 10.0 Å². The number of nitrogens with zero attached hydrogens (tertiary/aromatic N) is 4. The molecule has 0 aliphatic heterocycles. The summed E-state index contributed by atoms with van der Waals surface area (Å²) in [5.74, 6) is -7.90. The van der Waals surface area contributed by atoms with Crippen LogP contribution in [-0.2, 0) is 35.7 Å². The fourth-order valence-electron chi connectivity index (χ4n) is 4.37. The molecular weight excluding hydrogens is 569 g/mol. The van der Waals surface area contributed by atoms with Gasteiger partial charge < -0.3 is 0 Å². The van der Waals surface area contributed by atoms with Crippen LogP contribution in [0.5, 0.6) is 0 Å². The number of aromatic nitrogens is 4. The molecule has 7 nitrogen and oxygen atoms in total. The average molecular weight is 589 g/mol. The Morgan fingerprint density at radius 1 is 1.03 bits per heavy atom. The van der Waals surface area contributed by atoms with Crippen LogP contribution in [0.1, 0.15) is 42.5 Å². The Bertz CT molecular complexity index is 1470. The molecule has 0 amide bonds. The first-order valence-corrected chi connectivity index (χ1v) is 12.9. The lowest BCUT2D eigenvalue weighted by Crippen LogP contribution is -2.36. The van der Waals surface area contributed by atoms with E-state index in [2.05, 4.69) is 14.9 Å². The first-order valence-electron chi connectivity index (χ1n) is 11.3. The van der Waals surface area contributed by atoms with Gasteiger partial charge >= 0.3 is 18.3 Å². The molecule has 3 aromatic rings. The van der Waals surface area contributed by atoms with Crippen LogP contribution in [-0.4, -0.2) is 39.4 Å². The van der Waals surface area contributed by atoms with Crippen LogP contribution in [0.25, 0.3) is 16.9 Å². The zero-order valence-corrected chi connectivity index (χ0v) is 20.7. The summed E-state index contributed by atoms with van der Waals surface area (Å²) in [6, 6.07) is 3.41. The summed E-state index contributed by atoms with van der Waals surface area (Å²) < 4.78 is 150. The van der Waals surface area contributed by atoms with Crippen LogP contribution in [0.15, 0.2) is 30.6 Å². The molecule has 1 saturated carbocycles. The normalized spacial score (nSPS) is 15.8. The third-order valence-corrected chi connectivity index (χ3v) is 8.23. The summed E-state index contributed by atoms with van der Waals surface area (Å²) in [5.41, 5.74) is -4.76. The number of hydrogen-bond donors (Lipinski definition) is 1. The number of benzene rings is 1. The zero-order valence-electron chi connectivity index (χ0n) is 19.9. The Hall–Kier alpha value is -3.08. The van der Waals surface area contributed by atoms with E-state index in [4.69, 9.17) is 0 Å². The van der Waals surface area contributed by atoms with Crippen molar-refractivity contribution in [3.63, 3.8) is 0 Å². The van der Waals surface area contributed by atoms with Crippen molar-refractivity contribution < 1.29 is 47.9 Å². The average Bonchev–Trinajstić information content (AvgIpc) is 3.57. The molecule has 17 heteroatoms. The van der Waals surface area contributed by atoms with E-state index in [1.54, 1.807) is 0 Å². The summed E-state index contributed by atoms with van der Waals surface area (Å²) in [7, 11) is -2.97. The van der Waals surface area contributed by atoms with Gasteiger partial charge in [0.1, 0.15) is 11.4 Å². The lowest BCUT2D eigenvalue weighted by atomic mass is 10.1. The van der Waals surface area contributed by atoms with E-state index in [1.807, 2.05) is 0 Å². The Morgan fingerprint density at radius 3 is 2.26 bits per heavy atom. The quantitative estimate of drug-likeness (QED) is 0.372. The second kappa shape index (κ2) is 9.83. The van der Waals surface area contributed by atoms with Gasteiger partial charge in [-0.3, -0.25) is 0 Å². The van der Waals surface area contributed by atoms with Crippen molar-refractivity contribution in [1.29, 1.82) is 0 Å². The van der Waals surface area contributed by atoms with Crippen LogP contribution in [0.4, 0.5) is 39.5 Å². The fraction of sp³-hybridized carbons (Fsp3) is 0.455. The van der Waals surface area contributed by atoms with Crippen LogP contribution in [0.2, 0.25) is 0 Å². The number of alkyl halides is 8. The van der Waals surface area contributed by atoms with Crippen molar-refractivity contribution in [2.24, 2.45) is 7.05 Å². The molecule has 214 valence electrons. The molecule has 0 bridgehead atoms. The van der Waals surface area contributed by atoms with Gasteiger partial charge in [0.15, 0.2) is 11.5 Å². The highest BCUT2D eigenvalue weighted by atomic mass is 32.2. The molecule has 1 aromatic carbocycles. The number of sulfonamides is 1. The second-order valence-corrected chi connectivity index (χ2v) is 11.0. The maximum atomic E-state index is 14.4. The van der Waals surface area contributed by atoms with Gasteiger partial charge in [0.25, 0.3) is 0 Å². The summed E-state index contributed by atoms with van der Waals surface area (Å²) in [4.78, 5) is 0. The lowest BCUT2D eigenvalue weighted by Gasteiger charge is -2.19. The summed E-state index contributed by atoms with van der Waals surface area (Å²) in [6.45, 7) is -0.414. The summed E-state index contributed by atoms with van der Waals surface area (Å²) >= 11 is 0. The van der Waals surface area contributed by atoms with Crippen LogP contribution < -0.4 is 4.72 Å². The largest absolute Gasteiger partial charge is 0.459 e. The number of nitrogens with one attached hydrogen (secondary N) is 1. The van der Waals surface area contributed by atoms with Crippen molar-refractivity contribution in [2.45, 2.75) is 55.8 Å². The van der Waals surface area contributed by atoms with Gasteiger partial charge in [-0.05, 0) is 30.5 Å². The Labute approximate surface area is 215 Å². The van der Waals surface area contributed by atoms with Gasteiger partial charge in [-0.2, -0.15) is 45.3 Å². The smallest absolute Gasteiger partial charge is 0.250 e. The van der Waals surface area contributed by atoms with Gasteiger partial charge in [-0.25, -0.2) is 26.9 Å². The molecule has 2 heterocycles. The van der Waals surface area contributed by atoms with Crippen LogP contribution >= 0.6 is 0 Å². The first-order chi connectivity index (χ1) is 17.9. The lowest BCUT2D eigenvalue weighted by molar-refractivity contribution is -0.292. The minimum atomic E-state index is -6.35. The van der Waals surface area contributed by atoms with E-state index in [1.165, 1.54) is 12.1 Å². The van der Waals surface area contributed by atoms with E-state index in [9.17, 15) is 47.9 Å². The molecular formula is C22H20F9N5O2S. The minimum absolute atomic E-state index is 0.0355. The molecule has 0 unspecified atom stereocenters. The molecule has 1 fully saturated rings. The SMILES string of the molecule is Cn1nc(C(F)(F)C(F)(F)F)c(C(F)(F)F)c1-n1cc(-c2ccc(F)c(CNS(=O)(=O)C3CCCC3)c2)cn1. The maximum Gasteiger partial charge on any atom is 0.459 e. The van der Waals surface area contributed by atoms with Crippen LogP contribution in [0, 0.1) is 5.82 Å². The van der Waals surface area contributed by atoms with E-state index in [0.717, 1.165) is 38.3 Å². The fourth-order valence-corrected chi connectivity index (χ4v) is 5.91. The second-order valence-electron chi connectivity index (χ2n) is 8.99. The summed E-state index contributed by atoms with van der Waals surface area (Å²) in [6.07, 6.45) is -7.68. The van der Waals surface area contributed by atoms with Crippen molar-refractivity contribution in [3.05, 3.63) is 53.2 Å². The third-order valence-electron chi connectivity index (χ3n) is 6.34. The number of halogens is 9. The van der Waals surface area contributed by atoms with Crippen LogP contribution in [0.3, 0.4) is 0 Å². The Morgan fingerprint density at radius 2 is 1.67 bits per heavy atom. The van der Waals surface area contributed by atoms with Gasteiger partial charge in [-0.1, -0.05) is 18.9 Å². The Kier molecular flexibility index (Phi) is 7.29. The highest BCUT2D eigenvalue weighted by Crippen LogP contribution is 2.49. The molecule has 0 saturated heterocycles. The van der Waals surface area contributed by atoms with E-state index < -0.39 is 63.0 Å². The number of aryl methyl sites for hydroxylation is 1. The van der Waals surface area contributed by atoms with E-state index >= 15 is 0 Å². The monoisotopic (exact) mass is 589 g/mol. The number of rotatable bonds is 7. The Balaban J connectivity index is 1.69. The molecule has 1 aliphatic rings. The van der Waals surface area contributed by atoms with Crippen molar-refractivity contribution in [3.8, 4) is 16.9 Å². The highest BCUT2D eigenvalue weighted by molar-refractivity contribution is 7.90. The standard InChI is InChI=1S/C22H20F9N5O2S/c1-35-19(17(21(26,27)28)18(34-35)20(24,25)22(29,30)31)36-11-14(9-32-36)12-6-7-16(23)13(8-12)10-33-39(37,38)15-4-2-3-5-15/h6-9,11,15,33H,2-5,10H2,1H3. The predicted octanol–water partition coefficient (Wildman–Crippen LogP) is 5.45. The topological polar surface area (TPSA) is 81.8 Å². The molecule has 0 radical (unpaired) electrons. The molecule has 39 heavy (non-hydrogen) atoms.